The molecule has 1 nitrogen and oxygen atoms in total. The molecule has 0 radical (unpaired) electrons. The molecule has 0 saturated carbocycles. The lowest BCUT2D eigenvalue weighted by molar-refractivity contribution is 1.19. The van der Waals surface area contributed by atoms with Gasteiger partial charge in [0.2, 0.25) is 0 Å². The summed E-state index contributed by atoms with van der Waals surface area (Å²) >= 11 is 0. The Labute approximate surface area is 157 Å². The van der Waals surface area contributed by atoms with E-state index in [0.29, 0.717) is 0 Å². The zero-order valence-electron chi connectivity index (χ0n) is 14.8. The third-order valence-corrected chi connectivity index (χ3v) is 5.53. The van der Waals surface area contributed by atoms with Gasteiger partial charge in [0, 0.05) is 21.8 Å². The number of aromatic nitrogens is 1. The quantitative estimate of drug-likeness (QED) is 0.300. The minimum atomic E-state index is 1.20. The van der Waals surface area contributed by atoms with Crippen molar-refractivity contribution in [3.05, 3.63) is 103 Å². The van der Waals surface area contributed by atoms with Gasteiger partial charge in [0.1, 0.15) is 0 Å². The van der Waals surface area contributed by atoms with Crippen molar-refractivity contribution in [2.24, 2.45) is 0 Å². The van der Waals surface area contributed by atoms with Crippen LogP contribution in [0.15, 0.2) is 103 Å². The van der Waals surface area contributed by atoms with E-state index in [1.165, 1.54) is 49.0 Å². The Morgan fingerprint density at radius 3 is 1.93 bits per heavy atom. The van der Waals surface area contributed by atoms with Crippen LogP contribution in [-0.4, -0.2) is 4.57 Å². The van der Waals surface area contributed by atoms with E-state index < -0.39 is 0 Å². The molecule has 1 heteroatoms. The number of benzene rings is 5. The van der Waals surface area contributed by atoms with E-state index in [4.69, 9.17) is 0 Å². The summed E-state index contributed by atoms with van der Waals surface area (Å²) in [5.74, 6) is 0. The lowest BCUT2D eigenvalue weighted by Gasteiger charge is -2.10. The molecule has 0 amide bonds. The first-order valence-electron chi connectivity index (χ1n) is 9.30. The molecule has 1 heterocycles. The van der Waals surface area contributed by atoms with Crippen LogP contribution in [0.4, 0.5) is 0 Å². The summed E-state index contributed by atoms with van der Waals surface area (Å²) in [6, 6.07) is 37.1. The molecule has 0 N–H and O–H groups in total. The SMILES string of the molecule is c1ccc(-n2c3cc4ccccc4cc3c3ccc4ccccc4c32)cc1. The van der Waals surface area contributed by atoms with Crippen molar-refractivity contribution >= 4 is 43.4 Å². The van der Waals surface area contributed by atoms with Gasteiger partial charge in [-0.25, -0.2) is 0 Å². The first kappa shape index (κ1) is 14.6. The average Bonchev–Trinajstić information content (AvgIpc) is 3.06. The summed E-state index contributed by atoms with van der Waals surface area (Å²) in [6.07, 6.45) is 0. The molecule has 1 aromatic heterocycles. The molecule has 0 saturated heterocycles. The maximum atomic E-state index is 2.42. The molecule has 0 aliphatic heterocycles. The summed E-state index contributed by atoms with van der Waals surface area (Å²) in [5, 5.41) is 7.73. The summed E-state index contributed by atoms with van der Waals surface area (Å²) in [6.45, 7) is 0. The molecule has 0 atom stereocenters. The molecule has 0 spiro atoms. The van der Waals surface area contributed by atoms with Gasteiger partial charge in [-0.15, -0.1) is 0 Å². The van der Waals surface area contributed by atoms with Gasteiger partial charge in [-0.3, -0.25) is 0 Å². The van der Waals surface area contributed by atoms with E-state index >= 15 is 0 Å². The molecule has 5 aromatic carbocycles. The van der Waals surface area contributed by atoms with Gasteiger partial charge in [0.05, 0.1) is 11.0 Å². The molecule has 27 heavy (non-hydrogen) atoms. The summed E-state index contributed by atoms with van der Waals surface area (Å²) < 4.78 is 2.42. The first-order valence-corrected chi connectivity index (χ1v) is 9.30. The first-order chi connectivity index (χ1) is 13.4. The van der Waals surface area contributed by atoms with E-state index in [2.05, 4.69) is 108 Å². The number of rotatable bonds is 1. The molecule has 0 aliphatic carbocycles. The van der Waals surface area contributed by atoms with Crippen molar-refractivity contribution in [3.63, 3.8) is 0 Å². The molecule has 0 aliphatic rings. The minimum absolute atomic E-state index is 1.20. The second kappa shape index (κ2) is 5.46. The monoisotopic (exact) mass is 343 g/mol. The van der Waals surface area contributed by atoms with Crippen LogP contribution in [0, 0.1) is 0 Å². The van der Waals surface area contributed by atoms with E-state index in [-0.39, 0.29) is 0 Å². The van der Waals surface area contributed by atoms with Crippen LogP contribution in [0.2, 0.25) is 0 Å². The highest BCUT2D eigenvalue weighted by atomic mass is 15.0. The second-order valence-corrected chi connectivity index (χ2v) is 7.07. The maximum absolute atomic E-state index is 2.42. The molecular weight excluding hydrogens is 326 g/mol. The molecule has 6 aromatic rings. The Kier molecular flexibility index (Phi) is 2.95. The number of hydrogen-bond donors (Lipinski definition) is 0. The van der Waals surface area contributed by atoms with Crippen molar-refractivity contribution in [3.8, 4) is 5.69 Å². The van der Waals surface area contributed by atoms with Gasteiger partial charge >= 0.3 is 0 Å². The fourth-order valence-corrected chi connectivity index (χ4v) is 4.31. The van der Waals surface area contributed by atoms with Crippen LogP contribution < -0.4 is 0 Å². The normalized spacial score (nSPS) is 11.7. The van der Waals surface area contributed by atoms with Gasteiger partial charge in [-0.1, -0.05) is 78.9 Å². The van der Waals surface area contributed by atoms with Crippen LogP contribution in [0.25, 0.3) is 49.0 Å². The van der Waals surface area contributed by atoms with E-state index in [1.807, 2.05) is 0 Å². The van der Waals surface area contributed by atoms with Crippen molar-refractivity contribution < 1.29 is 0 Å². The van der Waals surface area contributed by atoms with Gasteiger partial charge < -0.3 is 4.57 Å². The van der Waals surface area contributed by atoms with Crippen LogP contribution >= 0.6 is 0 Å². The highest BCUT2D eigenvalue weighted by Gasteiger charge is 2.15. The van der Waals surface area contributed by atoms with Crippen molar-refractivity contribution in [1.82, 2.24) is 4.57 Å². The summed E-state index contributed by atoms with van der Waals surface area (Å²) in [4.78, 5) is 0. The van der Waals surface area contributed by atoms with E-state index in [0.717, 1.165) is 0 Å². The van der Waals surface area contributed by atoms with Crippen molar-refractivity contribution in [2.75, 3.05) is 0 Å². The Bertz CT molecular complexity index is 1460. The summed E-state index contributed by atoms with van der Waals surface area (Å²) in [5.41, 5.74) is 3.74. The lowest BCUT2D eigenvalue weighted by atomic mass is 10.0. The fraction of sp³-hybridized carbons (Fsp3) is 0. The maximum Gasteiger partial charge on any atom is 0.0619 e. The van der Waals surface area contributed by atoms with E-state index in [9.17, 15) is 0 Å². The zero-order valence-corrected chi connectivity index (χ0v) is 14.8. The van der Waals surface area contributed by atoms with Gasteiger partial charge in [0.15, 0.2) is 0 Å². The molecular formula is C26H17N. The third-order valence-electron chi connectivity index (χ3n) is 5.53. The van der Waals surface area contributed by atoms with Gasteiger partial charge in [-0.2, -0.15) is 0 Å². The molecule has 0 bridgehead atoms. The largest absolute Gasteiger partial charge is 0.309 e. The highest BCUT2D eigenvalue weighted by Crippen LogP contribution is 2.38. The van der Waals surface area contributed by atoms with Crippen LogP contribution in [-0.2, 0) is 0 Å². The average molecular weight is 343 g/mol. The molecule has 0 unspecified atom stereocenters. The number of fused-ring (bicyclic) bond motifs is 6. The summed E-state index contributed by atoms with van der Waals surface area (Å²) in [7, 11) is 0. The van der Waals surface area contributed by atoms with Gasteiger partial charge in [0.25, 0.3) is 0 Å². The third kappa shape index (κ3) is 2.06. The topological polar surface area (TPSA) is 4.93 Å². The number of hydrogen-bond acceptors (Lipinski definition) is 0. The predicted octanol–water partition coefficient (Wildman–Crippen LogP) is 7.09. The van der Waals surface area contributed by atoms with Gasteiger partial charge in [-0.05, 0) is 40.4 Å². The number of para-hydroxylation sites is 1. The second-order valence-electron chi connectivity index (χ2n) is 7.07. The molecule has 6 rings (SSSR count). The molecule has 126 valence electrons. The Morgan fingerprint density at radius 2 is 1.11 bits per heavy atom. The van der Waals surface area contributed by atoms with Crippen molar-refractivity contribution in [2.45, 2.75) is 0 Å². The Morgan fingerprint density at radius 1 is 0.444 bits per heavy atom. The Balaban J connectivity index is 1.92. The van der Waals surface area contributed by atoms with E-state index in [1.54, 1.807) is 0 Å². The standard InChI is InChI=1S/C26H17N/c1-2-11-21(12-3-1)27-25-17-20-10-5-4-9-19(20)16-24(25)23-15-14-18-8-6-7-13-22(18)26(23)27/h1-17H. The van der Waals surface area contributed by atoms with Crippen LogP contribution in [0.5, 0.6) is 0 Å². The Hall–Kier alpha value is -3.58. The minimum Gasteiger partial charge on any atom is -0.309 e. The smallest absolute Gasteiger partial charge is 0.0619 e. The predicted molar refractivity (Wildman–Crippen MR) is 116 cm³/mol. The van der Waals surface area contributed by atoms with Crippen LogP contribution in [0.3, 0.4) is 0 Å². The van der Waals surface area contributed by atoms with Crippen LogP contribution in [0.1, 0.15) is 0 Å². The molecule has 0 fully saturated rings. The fourth-order valence-electron chi connectivity index (χ4n) is 4.31. The lowest BCUT2D eigenvalue weighted by Crippen LogP contribution is -1.94. The van der Waals surface area contributed by atoms with Crippen molar-refractivity contribution in [1.29, 1.82) is 0 Å². The highest BCUT2D eigenvalue weighted by molar-refractivity contribution is 6.20. The number of nitrogens with zero attached hydrogens (tertiary/aromatic N) is 1. The zero-order chi connectivity index (χ0) is 17.8.